The second-order valence-corrected chi connectivity index (χ2v) is 8.81. The fourth-order valence-electron chi connectivity index (χ4n) is 4.13. The molecule has 0 radical (unpaired) electrons. The number of hydrogen-bond acceptors (Lipinski definition) is 7. The Bertz CT molecular complexity index is 903. The van der Waals surface area contributed by atoms with E-state index >= 15 is 0 Å². The number of likely N-dealkylation sites (N-methyl/N-ethyl adjacent to an activating group) is 1. The standard InChI is InChI=1S/C20H25N5OS/c1-24-9-2-3-13(11-24)21-18-12-25(14-4-5-14)20(23-22-18)16-6-7-17-15(19(16)26)8-10-27-17/h6-8,10,12-14,20-21,26H,2-5,9,11H2,1H3/t13?,20-/m0/s1. The third kappa shape index (κ3) is 3.30. The number of likely N-dealkylation sites (tertiary alicyclic amines) is 1. The summed E-state index contributed by atoms with van der Waals surface area (Å²) in [4.78, 5) is 4.63. The zero-order valence-corrected chi connectivity index (χ0v) is 16.3. The summed E-state index contributed by atoms with van der Waals surface area (Å²) in [6.07, 6.45) is 6.58. The van der Waals surface area contributed by atoms with E-state index in [1.165, 1.54) is 32.2 Å². The maximum atomic E-state index is 10.8. The lowest BCUT2D eigenvalue weighted by Crippen LogP contribution is -2.44. The van der Waals surface area contributed by atoms with Gasteiger partial charge in [-0.25, -0.2) is 0 Å². The van der Waals surface area contributed by atoms with Gasteiger partial charge in [0, 0.05) is 40.5 Å². The highest BCUT2D eigenvalue weighted by molar-refractivity contribution is 7.17. The van der Waals surface area contributed by atoms with Crippen molar-refractivity contribution in [2.75, 3.05) is 20.1 Å². The summed E-state index contributed by atoms with van der Waals surface area (Å²) < 4.78 is 1.10. The van der Waals surface area contributed by atoms with Crippen LogP contribution in [-0.4, -0.2) is 47.1 Å². The molecule has 6 nitrogen and oxygen atoms in total. The Hall–Kier alpha value is -2.12. The van der Waals surface area contributed by atoms with Crippen molar-refractivity contribution in [2.24, 2.45) is 10.2 Å². The minimum atomic E-state index is -0.249. The molecule has 142 valence electrons. The van der Waals surface area contributed by atoms with E-state index in [0.29, 0.717) is 17.8 Å². The monoisotopic (exact) mass is 383 g/mol. The number of fused-ring (bicyclic) bond motifs is 1. The quantitative estimate of drug-likeness (QED) is 0.837. The summed E-state index contributed by atoms with van der Waals surface area (Å²) in [5.74, 6) is 1.18. The normalized spacial score (nSPS) is 26.4. The first kappa shape index (κ1) is 17.0. The van der Waals surface area contributed by atoms with Crippen molar-refractivity contribution in [1.29, 1.82) is 0 Å². The molecule has 3 aliphatic rings. The van der Waals surface area contributed by atoms with Crippen LogP contribution in [0.1, 0.15) is 37.4 Å². The van der Waals surface area contributed by atoms with E-state index < -0.39 is 0 Å². The van der Waals surface area contributed by atoms with Crippen LogP contribution in [0.2, 0.25) is 0 Å². The highest BCUT2D eigenvalue weighted by Crippen LogP contribution is 2.43. The van der Waals surface area contributed by atoms with Gasteiger partial charge in [0.05, 0.1) is 0 Å². The van der Waals surface area contributed by atoms with Gasteiger partial charge >= 0.3 is 0 Å². The van der Waals surface area contributed by atoms with E-state index in [4.69, 9.17) is 0 Å². The molecular formula is C20H25N5OS. The molecule has 2 atom stereocenters. The molecule has 1 saturated carbocycles. The van der Waals surface area contributed by atoms with Gasteiger partial charge in [-0.1, -0.05) is 0 Å². The first-order chi connectivity index (χ1) is 13.2. The number of phenols is 1. The molecule has 3 heterocycles. The second kappa shape index (κ2) is 6.80. The predicted molar refractivity (Wildman–Crippen MR) is 108 cm³/mol. The van der Waals surface area contributed by atoms with Crippen molar-refractivity contribution in [3.63, 3.8) is 0 Å². The third-order valence-corrected chi connectivity index (χ3v) is 6.57. The number of nitrogens with zero attached hydrogens (tertiary/aromatic N) is 4. The van der Waals surface area contributed by atoms with Crippen LogP contribution >= 0.6 is 11.3 Å². The molecule has 0 amide bonds. The van der Waals surface area contributed by atoms with Crippen LogP contribution in [0.25, 0.3) is 10.1 Å². The second-order valence-electron chi connectivity index (χ2n) is 7.86. The molecule has 1 aromatic carbocycles. The zero-order valence-electron chi connectivity index (χ0n) is 15.5. The molecule has 2 N–H and O–H groups in total. The minimum absolute atomic E-state index is 0.249. The van der Waals surface area contributed by atoms with Gasteiger partial charge in [-0.3, -0.25) is 0 Å². The summed E-state index contributed by atoms with van der Waals surface area (Å²) in [5.41, 5.74) is 0.837. The lowest BCUT2D eigenvalue weighted by atomic mass is 10.1. The first-order valence-electron chi connectivity index (χ1n) is 9.73. The predicted octanol–water partition coefficient (Wildman–Crippen LogP) is 4.02. The molecule has 2 fully saturated rings. The zero-order chi connectivity index (χ0) is 18.4. The fourth-order valence-corrected chi connectivity index (χ4v) is 4.92. The van der Waals surface area contributed by atoms with Crippen LogP contribution in [0.15, 0.2) is 45.8 Å². The van der Waals surface area contributed by atoms with E-state index in [0.717, 1.165) is 28.0 Å². The molecule has 2 aliphatic heterocycles. The Morgan fingerprint density at radius 1 is 1.22 bits per heavy atom. The molecule has 2 aromatic rings. The van der Waals surface area contributed by atoms with E-state index in [1.807, 2.05) is 17.5 Å². The van der Waals surface area contributed by atoms with Crippen LogP contribution in [-0.2, 0) is 0 Å². The van der Waals surface area contributed by atoms with Crippen molar-refractivity contribution in [2.45, 2.75) is 43.9 Å². The number of piperidine rings is 1. The lowest BCUT2D eigenvalue weighted by molar-refractivity contribution is 0.222. The van der Waals surface area contributed by atoms with Gasteiger partial charge < -0.3 is 20.2 Å². The summed E-state index contributed by atoms with van der Waals surface area (Å²) >= 11 is 1.64. The number of benzene rings is 1. The van der Waals surface area contributed by atoms with E-state index in [2.05, 4.69) is 44.7 Å². The van der Waals surface area contributed by atoms with Crippen molar-refractivity contribution < 1.29 is 5.11 Å². The first-order valence-corrected chi connectivity index (χ1v) is 10.6. The van der Waals surface area contributed by atoms with Crippen molar-refractivity contribution in [1.82, 2.24) is 15.1 Å². The number of aromatic hydroxyl groups is 1. The Balaban J connectivity index is 1.40. The summed E-state index contributed by atoms with van der Waals surface area (Å²) in [7, 11) is 2.17. The maximum absolute atomic E-state index is 10.8. The van der Waals surface area contributed by atoms with Gasteiger partial charge in [0.15, 0.2) is 12.0 Å². The Kier molecular flexibility index (Phi) is 4.28. The van der Waals surface area contributed by atoms with Crippen LogP contribution in [0.3, 0.4) is 0 Å². The topological polar surface area (TPSA) is 63.5 Å². The van der Waals surface area contributed by atoms with Gasteiger partial charge in [0.1, 0.15) is 5.75 Å². The highest BCUT2D eigenvalue weighted by Gasteiger charge is 2.36. The van der Waals surface area contributed by atoms with Crippen LogP contribution < -0.4 is 5.32 Å². The summed E-state index contributed by atoms with van der Waals surface area (Å²) in [6, 6.07) is 6.95. The van der Waals surface area contributed by atoms with Crippen LogP contribution in [0, 0.1) is 0 Å². The van der Waals surface area contributed by atoms with E-state index in [9.17, 15) is 5.11 Å². The van der Waals surface area contributed by atoms with Gasteiger partial charge in [-0.2, -0.15) is 5.11 Å². The Labute approximate surface area is 163 Å². The molecule has 1 unspecified atom stereocenters. The van der Waals surface area contributed by atoms with E-state index in [1.54, 1.807) is 11.3 Å². The van der Waals surface area contributed by atoms with Gasteiger partial charge in [-0.15, -0.1) is 16.5 Å². The van der Waals surface area contributed by atoms with E-state index in [-0.39, 0.29) is 6.17 Å². The molecule has 1 aromatic heterocycles. The summed E-state index contributed by atoms with van der Waals surface area (Å²) in [5, 5.41) is 26.4. The number of nitrogens with one attached hydrogen (secondary N) is 1. The molecular weight excluding hydrogens is 358 g/mol. The van der Waals surface area contributed by atoms with Gasteiger partial charge in [0.25, 0.3) is 0 Å². The molecule has 0 spiro atoms. The van der Waals surface area contributed by atoms with Gasteiger partial charge in [0.2, 0.25) is 0 Å². The number of hydrogen-bond donors (Lipinski definition) is 2. The molecule has 1 saturated heterocycles. The average molecular weight is 384 g/mol. The van der Waals surface area contributed by atoms with Crippen molar-refractivity contribution in [3.8, 4) is 5.75 Å². The lowest BCUT2D eigenvalue weighted by Gasteiger charge is -2.34. The molecule has 5 rings (SSSR count). The number of phenolic OH excluding ortho intramolecular Hbond substituents is 1. The highest BCUT2D eigenvalue weighted by atomic mass is 32.1. The fraction of sp³-hybridized carbons (Fsp3) is 0.500. The Morgan fingerprint density at radius 3 is 2.93 bits per heavy atom. The maximum Gasteiger partial charge on any atom is 0.172 e. The average Bonchev–Trinajstić information content (AvgIpc) is 3.39. The van der Waals surface area contributed by atoms with Crippen molar-refractivity contribution >= 4 is 21.4 Å². The third-order valence-electron chi connectivity index (χ3n) is 5.69. The van der Waals surface area contributed by atoms with Crippen LogP contribution in [0.4, 0.5) is 0 Å². The number of thiophene rings is 1. The smallest absolute Gasteiger partial charge is 0.172 e. The Morgan fingerprint density at radius 2 is 2.11 bits per heavy atom. The summed E-state index contributed by atoms with van der Waals surface area (Å²) in [6.45, 7) is 2.20. The van der Waals surface area contributed by atoms with Crippen LogP contribution in [0.5, 0.6) is 5.75 Å². The number of azo groups is 1. The molecule has 1 aliphatic carbocycles. The van der Waals surface area contributed by atoms with Crippen molar-refractivity contribution in [3.05, 3.63) is 41.2 Å². The molecule has 7 heteroatoms. The minimum Gasteiger partial charge on any atom is -0.507 e. The molecule has 27 heavy (non-hydrogen) atoms. The molecule has 0 bridgehead atoms. The SMILES string of the molecule is CN1CCCC(NC2=CN(C3CC3)[C@@H](c3ccc4sccc4c3O)N=N2)C1. The largest absolute Gasteiger partial charge is 0.507 e. The van der Waals surface area contributed by atoms with Gasteiger partial charge in [-0.05, 0) is 62.9 Å². The number of rotatable bonds is 4.